The van der Waals surface area contributed by atoms with Crippen molar-refractivity contribution in [2.45, 2.75) is 21.6 Å². The van der Waals surface area contributed by atoms with Gasteiger partial charge in [-0.05, 0) is 29.1 Å². The summed E-state index contributed by atoms with van der Waals surface area (Å²) in [4.78, 5) is 16.2. The molecule has 0 saturated carbocycles. The molecular weight excluding hydrogens is 390 g/mol. The second-order valence-corrected chi connectivity index (χ2v) is 8.91. The predicted octanol–water partition coefficient (Wildman–Crippen LogP) is 3.28. The number of rotatable bonds is 5. The van der Waals surface area contributed by atoms with Gasteiger partial charge in [0.05, 0.1) is 10.4 Å². The molecule has 3 rings (SSSR count). The van der Waals surface area contributed by atoms with Gasteiger partial charge in [-0.3, -0.25) is 9.36 Å². The number of alkyl halides is 2. The third kappa shape index (κ3) is 3.46. The van der Waals surface area contributed by atoms with E-state index in [9.17, 15) is 22.0 Å². The molecule has 2 heterocycles. The third-order valence-corrected chi connectivity index (χ3v) is 6.89. The molecule has 0 aliphatic rings. The zero-order chi connectivity index (χ0) is 18.2. The van der Waals surface area contributed by atoms with Crippen LogP contribution in [0, 0.1) is 0 Å². The Bertz CT molecular complexity index is 1070. The van der Waals surface area contributed by atoms with Gasteiger partial charge in [0.25, 0.3) is 5.56 Å². The molecule has 0 spiro atoms. The molecule has 2 aromatic heterocycles. The van der Waals surface area contributed by atoms with E-state index in [0.29, 0.717) is 21.1 Å². The fourth-order valence-electron chi connectivity index (χ4n) is 2.12. The van der Waals surface area contributed by atoms with Gasteiger partial charge in [0, 0.05) is 12.8 Å². The second kappa shape index (κ2) is 6.85. The van der Waals surface area contributed by atoms with Crippen LogP contribution in [0.3, 0.4) is 0 Å². The maximum absolute atomic E-state index is 12.5. The number of hydrogen-bond acceptors (Lipinski definition) is 6. The summed E-state index contributed by atoms with van der Waals surface area (Å²) >= 11 is 2.65. The topological polar surface area (TPSA) is 69.0 Å². The van der Waals surface area contributed by atoms with Gasteiger partial charge in [0.15, 0.2) is 5.16 Å². The molecule has 0 aliphatic heterocycles. The van der Waals surface area contributed by atoms with Gasteiger partial charge in [-0.2, -0.15) is 8.78 Å². The predicted molar refractivity (Wildman–Crippen MR) is 94.1 cm³/mol. The molecule has 25 heavy (non-hydrogen) atoms. The average Bonchev–Trinajstić information content (AvgIpc) is 3.05. The highest BCUT2D eigenvalue weighted by atomic mass is 32.2. The van der Waals surface area contributed by atoms with Crippen molar-refractivity contribution in [3.8, 4) is 0 Å². The average molecular weight is 402 g/mol. The Morgan fingerprint density at radius 3 is 2.56 bits per heavy atom. The Hall–Kier alpha value is -1.78. The fourth-order valence-corrected chi connectivity index (χ4v) is 4.58. The summed E-state index contributed by atoms with van der Waals surface area (Å²) in [6.45, 7) is 0. The van der Waals surface area contributed by atoms with Gasteiger partial charge >= 0.3 is 5.76 Å². The van der Waals surface area contributed by atoms with E-state index in [1.54, 1.807) is 18.5 Å². The minimum Gasteiger partial charge on any atom is -0.290 e. The Morgan fingerprint density at radius 2 is 1.92 bits per heavy atom. The van der Waals surface area contributed by atoms with Gasteiger partial charge in [-0.15, -0.1) is 11.3 Å². The van der Waals surface area contributed by atoms with Crippen molar-refractivity contribution in [2.24, 2.45) is 7.05 Å². The highest BCUT2D eigenvalue weighted by Gasteiger charge is 2.26. The van der Waals surface area contributed by atoms with Crippen LogP contribution in [0.2, 0.25) is 0 Å². The van der Waals surface area contributed by atoms with Crippen molar-refractivity contribution >= 4 is 43.2 Å². The summed E-state index contributed by atoms with van der Waals surface area (Å²) in [7, 11) is -2.95. The SMILES string of the molecule is Cn1c(SCc2ccc(S(=O)(=O)C(F)F)cc2)nc2ccsc2c1=O. The molecule has 3 aromatic rings. The lowest BCUT2D eigenvalue weighted by atomic mass is 10.2. The molecular formula is C15H12F2N2O3S3. The van der Waals surface area contributed by atoms with Gasteiger partial charge in [-0.25, -0.2) is 13.4 Å². The Balaban J connectivity index is 1.81. The highest BCUT2D eigenvalue weighted by molar-refractivity contribution is 7.98. The van der Waals surface area contributed by atoms with Crippen LogP contribution in [0.25, 0.3) is 10.2 Å². The van der Waals surface area contributed by atoms with E-state index in [2.05, 4.69) is 4.98 Å². The maximum Gasteiger partial charge on any atom is 0.341 e. The summed E-state index contributed by atoms with van der Waals surface area (Å²) in [5.41, 5.74) is 1.24. The molecule has 0 amide bonds. The first-order valence-corrected chi connectivity index (χ1v) is 10.4. The molecule has 0 unspecified atom stereocenters. The van der Waals surface area contributed by atoms with E-state index in [-0.39, 0.29) is 5.56 Å². The number of sulfone groups is 1. The lowest BCUT2D eigenvalue weighted by Crippen LogP contribution is -2.18. The smallest absolute Gasteiger partial charge is 0.290 e. The zero-order valence-electron chi connectivity index (χ0n) is 12.8. The van der Waals surface area contributed by atoms with Crippen LogP contribution < -0.4 is 5.56 Å². The molecule has 5 nitrogen and oxygen atoms in total. The molecule has 0 N–H and O–H groups in total. The molecule has 1 aromatic carbocycles. The van der Waals surface area contributed by atoms with Crippen molar-refractivity contribution < 1.29 is 17.2 Å². The molecule has 132 valence electrons. The van der Waals surface area contributed by atoms with E-state index < -0.39 is 20.5 Å². The first-order valence-electron chi connectivity index (χ1n) is 6.98. The van der Waals surface area contributed by atoms with Crippen LogP contribution in [0.15, 0.2) is 50.6 Å². The van der Waals surface area contributed by atoms with Gasteiger partial charge < -0.3 is 0 Å². The van der Waals surface area contributed by atoms with Crippen LogP contribution in [0.1, 0.15) is 5.56 Å². The van der Waals surface area contributed by atoms with Crippen LogP contribution in [0.5, 0.6) is 0 Å². The van der Waals surface area contributed by atoms with Crippen LogP contribution >= 0.6 is 23.1 Å². The number of fused-ring (bicyclic) bond motifs is 1. The van der Waals surface area contributed by atoms with Crippen LogP contribution in [0.4, 0.5) is 8.78 Å². The van der Waals surface area contributed by atoms with Crippen molar-refractivity contribution in [3.63, 3.8) is 0 Å². The summed E-state index contributed by atoms with van der Waals surface area (Å²) in [5, 5.41) is 2.33. The number of hydrogen-bond donors (Lipinski definition) is 0. The van der Waals surface area contributed by atoms with E-state index in [4.69, 9.17) is 0 Å². The summed E-state index contributed by atoms with van der Waals surface area (Å²) in [6, 6.07) is 7.04. The number of halogens is 2. The number of thioether (sulfide) groups is 1. The van der Waals surface area contributed by atoms with Crippen LogP contribution in [-0.2, 0) is 22.6 Å². The second-order valence-electron chi connectivity index (χ2n) is 5.13. The molecule has 0 fully saturated rings. The standard InChI is InChI=1S/C15H12F2N2O3S3/c1-19-13(20)12-11(6-7-23-12)18-15(19)24-8-9-2-4-10(5-3-9)25(21,22)14(16)17/h2-7,14H,8H2,1H3. The monoisotopic (exact) mass is 402 g/mol. The lowest BCUT2D eigenvalue weighted by Gasteiger charge is -2.08. The van der Waals surface area contributed by atoms with Gasteiger partial charge in [0.2, 0.25) is 9.84 Å². The van der Waals surface area contributed by atoms with Crippen molar-refractivity contribution in [2.75, 3.05) is 0 Å². The largest absolute Gasteiger partial charge is 0.341 e. The van der Waals surface area contributed by atoms with Gasteiger partial charge in [0.1, 0.15) is 4.70 Å². The highest BCUT2D eigenvalue weighted by Crippen LogP contribution is 2.25. The fraction of sp³-hybridized carbons (Fsp3) is 0.200. The first kappa shape index (κ1) is 18.0. The Labute approximate surface area is 150 Å². The molecule has 0 radical (unpaired) electrons. The van der Waals surface area contributed by atoms with Crippen molar-refractivity contribution in [3.05, 3.63) is 51.6 Å². The van der Waals surface area contributed by atoms with E-state index in [0.717, 1.165) is 17.7 Å². The molecule has 0 atom stereocenters. The summed E-state index contributed by atoms with van der Waals surface area (Å²) < 4.78 is 49.9. The van der Waals surface area contributed by atoms with Crippen molar-refractivity contribution in [1.29, 1.82) is 0 Å². The quantitative estimate of drug-likeness (QED) is 0.484. The number of thiophene rings is 1. The van der Waals surface area contributed by atoms with E-state index >= 15 is 0 Å². The minimum absolute atomic E-state index is 0.124. The minimum atomic E-state index is -4.59. The third-order valence-electron chi connectivity index (χ3n) is 3.50. The van der Waals surface area contributed by atoms with Crippen molar-refractivity contribution in [1.82, 2.24) is 9.55 Å². The number of nitrogens with zero attached hydrogens (tertiary/aromatic N) is 2. The van der Waals surface area contributed by atoms with E-state index in [1.807, 2.05) is 0 Å². The molecule has 10 heteroatoms. The number of benzene rings is 1. The number of aromatic nitrogens is 2. The van der Waals surface area contributed by atoms with Gasteiger partial charge in [-0.1, -0.05) is 23.9 Å². The van der Waals surface area contributed by atoms with E-state index in [1.165, 1.54) is 39.8 Å². The molecule has 0 saturated heterocycles. The first-order chi connectivity index (χ1) is 11.8. The molecule has 0 aliphatic carbocycles. The van der Waals surface area contributed by atoms with Crippen LogP contribution in [-0.4, -0.2) is 23.7 Å². The lowest BCUT2D eigenvalue weighted by molar-refractivity contribution is 0.234. The maximum atomic E-state index is 12.5. The summed E-state index contributed by atoms with van der Waals surface area (Å²) in [5.74, 6) is -3.02. The summed E-state index contributed by atoms with van der Waals surface area (Å²) in [6.07, 6.45) is 0. The normalized spacial score (nSPS) is 12.2. The Morgan fingerprint density at radius 1 is 1.24 bits per heavy atom. The molecule has 0 bridgehead atoms. The Kier molecular flexibility index (Phi) is 4.94. The zero-order valence-corrected chi connectivity index (χ0v) is 15.3.